The molecule has 20 heavy (non-hydrogen) atoms. The van der Waals surface area contributed by atoms with Crippen LogP contribution in [0.1, 0.15) is 31.9 Å². The molecule has 1 atom stereocenters. The molecule has 0 spiro atoms. The standard InChI is InChI=1S/C16H26N2O2/c1-5-18(6-2)12-11-17-16(4,15(19)20)14-9-7-13(3)8-10-14/h7-10,17H,5-6,11-12H2,1-4H3,(H,19,20). The number of rotatable bonds is 8. The van der Waals surface area contributed by atoms with Crippen LogP contribution in [0.4, 0.5) is 0 Å². The first-order chi connectivity index (χ1) is 9.43. The van der Waals surface area contributed by atoms with Crippen molar-refractivity contribution in [1.29, 1.82) is 0 Å². The quantitative estimate of drug-likeness (QED) is 0.765. The van der Waals surface area contributed by atoms with Crippen molar-refractivity contribution >= 4 is 5.97 Å². The Labute approximate surface area is 121 Å². The van der Waals surface area contributed by atoms with Gasteiger partial charge in [-0.3, -0.25) is 5.32 Å². The summed E-state index contributed by atoms with van der Waals surface area (Å²) >= 11 is 0. The van der Waals surface area contributed by atoms with Crippen LogP contribution in [-0.4, -0.2) is 42.2 Å². The summed E-state index contributed by atoms with van der Waals surface area (Å²) in [6.07, 6.45) is 0. The minimum Gasteiger partial charge on any atom is -0.480 e. The number of aryl methyl sites for hydroxylation is 1. The molecule has 1 aromatic carbocycles. The van der Waals surface area contributed by atoms with Crippen molar-refractivity contribution in [3.63, 3.8) is 0 Å². The molecule has 112 valence electrons. The average Bonchev–Trinajstić information content (AvgIpc) is 2.44. The van der Waals surface area contributed by atoms with Gasteiger partial charge in [0.05, 0.1) is 0 Å². The molecule has 1 rings (SSSR count). The van der Waals surface area contributed by atoms with E-state index in [1.165, 1.54) is 0 Å². The van der Waals surface area contributed by atoms with Crippen molar-refractivity contribution in [2.75, 3.05) is 26.2 Å². The first-order valence-corrected chi connectivity index (χ1v) is 7.22. The highest BCUT2D eigenvalue weighted by atomic mass is 16.4. The summed E-state index contributed by atoms with van der Waals surface area (Å²) in [5, 5.41) is 12.7. The number of hydrogen-bond acceptors (Lipinski definition) is 3. The van der Waals surface area contributed by atoms with E-state index in [-0.39, 0.29) is 0 Å². The molecule has 0 fully saturated rings. The molecule has 1 unspecified atom stereocenters. The number of benzene rings is 1. The van der Waals surface area contributed by atoms with Gasteiger partial charge in [-0.1, -0.05) is 43.7 Å². The second-order valence-electron chi connectivity index (χ2n) is 5.25. The lowest BCUT2D eigenvalue weighted by Gasteiger charge is -2.28. The summed E-state index contributed by atoms with van der Waals surface area (Å²) in [5.41, 5.74) is 0.876. The monoisotopic (exact) mass is 278 g/mol. The predicted molar refractivity (Wildman–Crippen MR) is 82.0 cm³/mol. The predicted octanol–water partition coefficient (Wildman–Crippen LogP) is 2.23. The van der Waals surface area contributed by atoms with Gasteiger partial charge in [-0.05, 0) is 32.5 Å². The van der Waals surface area contributed by atoms with Gasteiger partial charge in [-0.2, -0.15) is 0 Å². The summed E-state index contributed by atoms with van der Waals surface area (Å²) in [5.74, 6) is -0.846. The molecule has 0 aliphatic rings. The van der Waals surface area contributed by atoms with Crippen molar-refractivity contribution in [3.8, 4) is 0 Å². The van der Waals surface area contributed by atoms with Gasteiger partial charge in [0.25, 0.3) is 0 Å². The molecular weight excluding hydrogens is 252 g/mol. The maximum Gasteiger partial charge on any atom is 0.328 e. The highest BCUT2D eigenvalue weighted by molar-refractivity contribution is 5.80. The van der Waals surface area contributed by atoms with Crippen LogP contribution in [0.15, 0.2) is 24.3 Å². The Kier molecular flexibility index (Phi) is 6.17. The number of hydrogen-bond donors (Lipinski definition) is 2. The lowest BCUT2D eigenvalue weighted by molar-refractivity contribution is -0.144. The van der Waals surface area contributed by atoms with E-state index < -0.39 is 11.5 Å². The normalized spacial score (nSPS) is 14.2. The second-order valence-corrected chi connectivity index (χ2v) is 5.25. The van der Waals surface area contributed by atoms with Gasteiger partial charge in [0, 0.05) is 13.1 Å². The zero-order valence-corrected chi connectivity index (χ0v) is 12.9. The molecule has 0 saturated heterocycles. The van der Waals surface area contributed by atoms with Crippen molar-refractivity contribution in [1.82, 2.24) is 10.2 Å². The second kappa shape index (κ2) is 7.41. The molecule has 0 aliphatic carbocycles. The third-order valence-electron chi connectivity index (χ3n) is 3.86. The molecule has 4 nitrogen and oxygen atoms in total. The molecule has 0 bridgehead atoms. The molecule has 4 heteroatoms. The minimum atomic E-state index is -1.04. The van der Waals surface area contributed by atoms with E-state index in [0.29, 0.717) is 6.54 Å². The minimum absolute atomic E-state index is 0.651. The molecule has 0 saturated carbocycles. The van der Waals surface area contributed by atoms with Crippen molar-refractivity contribution in [2.24, 2.45) is 0 Å². The van der Waals surface area contributed by atoms with E-state index in [9.17, 15) is 9.90 Å². The van der Waals surface area contributed by atoms with Crippen molar-refractivity contribution in [3.05, 3.63) is 35.4 Å². The van der Waals surface area contributed by atoms with Crippen LogP contribution in [0.5, 0.6) is 0 Å². The van der Waals surface area contributed by atoms with E-state index >= 15 is 0 Å². The van der Waals surface area contributed by atoms with Gasteiger partial charge in [-0.15, -0.1) is 0 Å². The largest absolute Gasteiger partial charge is 0.480 e. The highest BCUT2D eigenvalue weighted by Gasteiger charge is 2.34. The number of likely N-dealkylation sites (N-methyl/N-ethyl adjacent to an activating group) is 1. The lowest BCUT2D eigenvalue weighted by Crippen LogP contribution is -2.49. The van der Waals surface area contributed by atoms with Gasteiger partial charge < -0.3 is 10.0 Å². The van der Waals surface area contributed by atoms with Crippen LogP contribution in [0, 0.1) is 6.92 Å². The van der Waals surface area contributed by atoms with Crippen LogP contribution in [0.3, 0.4) is 0 Å². The average molecular weight is 278 g/mol. The summed E-state index contributed by atoms with van der Waals surface area (Å²) in [6.45, 7) is 11.4. The number of nitrogens with one attached hydrogen (secondary N) is 1. The Bertz CT molecular complexity index is 427. The third-order valence-corrected chi connectivity index (χ3v) is 3.86. The molecule has 2 N–H and O–H groups in total. The van der Waals surface area contributed by atoms with Gasteiger partial charge >= 0.3 is 5.97 Å². The molecule has 0 amide bonds. The topological polar surface area (TPSA) is 52.6 Å². The molecule has 1 aromatic rings. The highest BCUT2D eigenvalue weighted by Crippen LogP contribution is 2.21. The molecular formula is C16H26N2O2. The molecule has 0 radical (unpaired) electrons. The molecule has 0 heterocycles. The lowest BCUT2D eigenvalue weighted by atomic mass is 9.91. The van der Waals surface area contributed by atoms with Crippen LogP contribution in [0.25, 0.3) is 0 Å². The summed E-state index contributed by atoms with van der Waals surface area (Å²) in [6, 6.07) is 7.66. The fraction of sp³-hybridized carbons (Fsp3) is 0.562. The zero-order chi connectivity index (χ0) is 15.2. The van der Waals surface area contributed by atoms with Crippen LogP contribution < -0.4 is 5.32 Å². The Hall–Kier alpha value is -1.39. The van der Waals surface area contributed by atoms with Crippen LogP contribution in [-0.2, 0) is 10.3 Å². The van der Waals surface area contributed by atoms with E-state index in [0.717, 1.165) is 30.8 Å². The number of carboxylic acids is 1. The van der Waals surface area contributed by atoms with Gasteiger partial charge in [0.1, 0.15) is 5.54 Å². The third kappa shape index (κ3) is 4.05. The number of carboxylic acid groups (broad SMARTS) is 1. The zero-order valence-electron chi connectivity index (χ0n) is 12.9. The Morgan fingerprint density at radius 1 is 1.25 bits per heavy atom. The maximum atomic E-state index is 11.6. The molecule has 0 aliphatic heterocycles. The first-order valence-electron chi connectivity index (χ1n) is 7.22. The summed E-state index contributed by atoms with van der Waals surface area (Å²) < 4.78 is 0. The number of carbonyl (C=O) groups is 1. The van der Waals surface area contributed by atoms with Gasteiger partial charge in [0.2, 0.25) is 0 Å². The fourth-order valence-electron chi connectivity index (χ4n) is 2.19. The first kappa shape index (κ1) is 16.7. The number of nitrogens with zero attached hydrogens (tertiary/aromatic N) is 1. The van der Waals surface area contributed by atoms with Crippen molar-refractivity contribution in [2.45, 2.75) is 33.2 Å². The Balaban J connectivity index is 2.77. The maximum absolute atomic E-state index is 11.6. The van der Waals surface area contributed by atoms with E-state index in [1.54, 1.807) is 6.92 Å². The van der Waals surface area contributed by atoms with Crippen molar-refractivity contribution < 1.29 is 9.90 Å². The van der Waals surface area contributed by atoms with Gasteiger partial charge in [0.15, 0.2) is 0 Å². The van der Waals surface area contributed by atoms with E-state index in [2.05, 4.69) is 24.1 Å². The Morgan fingerprint density at radius 2 is 1.80 bits per heavy atom. The Morgan fingerprint density at radius 3 is 2.25 bits per heavy atom. The summed E-state index contributed by atoms with van der Waals surface area (Å²) in [4.78, 5) is 13.9. The molecule has 0 aromatic heterocycles. The number of aliphatic carboxylic acids is 1. The van der Waals surface area contributed by atoms with Crippen LogP contribution >= 0.6 is 0 Å². The van der Waals surface area contributed by atoms with E-state index in [1.807, 2.05) is 31.2 Å². The smallest absolute Gasteiger partial charge is 0.328 e. The SMILES string of the molecule is CCN(CC)CCNC(C)(C(=O)O)c1ccc(C)cc1. The van der Waals surface area contributed by atoms with Gasteiger partial charge in [-0.25, -0.2) is 4.79 Å². The van der Waals surface area contributed by atoms with E-state index in [4.69, 9.17) is 0 Å². The fourth-order valence-corrected chi connectivity index (χ4v) is 2.19. The summed E-state index contributed by atoms with van der Waals surface area (Å²) in [7, 11) is 0. The van der Waals surface area contributed by atoms with Crippen LogP contribution in [0.2, 0.25) is 0 Å².